The minimum Gasteiger partial charge on any atom is -0.395 e. The van der Waals surface area contributed by atoms with Crippen molar-refractivity contribution in [2.24, 2.45) is 0 Å². The highest BCUT2D eigenvalue weighted by Gasteiger charge is 2.01. The predicted molar refractivity (Wildman–Crippen MR) is 98.9 cm³/mol. The first kappa shape index (κ1) is 25.1. The van der Waals surface area contributed by atoms with Crippen molar-refractivity contribution < 1.29 is 14.7 Å². The first-order valence-corrected chi connectivity index (χ1v) is 8.94. The number of aliphatic hydroxyl groups excluding tert-OH is 1. The Labute approximate surface area is 147 Å². The van der Waals surface area contributed by atoms with Gasteiger partial charge in [-0.25, -0.2) is 0 Å². The number of nitrogens with one attached hydrogen (secondary N) is 4. The third-order valence-electron chi connectivity index (χ3n) is 2.67. The molecular weight excluding hydrogens is 308 g/mol. The highest BCUT2D eigenvalue weighted by molar-refractivity contribution is 5.76. The van der Waals surface area contributed by atoms with Crippen LogP contribution in [0.2, 0.25) is 0 Å². The van der Waals surface area contributed by atoms with Crippen LogP contribution in [-0.2, 0) is 9.59 Å². The maximum atomic E-state index is 11.1. The van der Waals surface area contributed by atoms with Gasteiger partial charge in [-0.2, -0.15) is 0 Å². The fourth-order valence-corrected chi connectivity index (χ4v) is 1.70. The molecule has 0 aromatic rings. The largest absolute Gasteiger partial charge is 0.395 e. The van der Waals surface area contributed by atoms with Gasteiger partial charge in [0.15, 0.2) is 0 Å². The second-order valence-corrected chi connectivity index (χ2v) is 6.17. The van der Waals surface area contributed by atoms with E-state index < -0.39 is 0 Å². The van der Waals surface area contributed by atoms with E-state index in [1.165, 1.54) is 0 Å². The lowest BCUT2D eigenvalue weighted by molar-refractivity contribution is -0.122. The van der Waals surface area contributed by atoms with Crippen LogP contribution in [0.5, 0.6) is 0 Å². The molecule has 0 aromatic carbocycles. The van der Waals surface area contributed by atoms with Crippen molar-refractivity contribution in [3.63, 3.8) is 0 Å². The summed E-state index contributed by atoms with van der Waals surface area (Å²) in [7, 11) is 0. The summed E-state index contributed by atoms with van der Waals surface area (Å²) in [5, 5.41) is 20.1. The van der Waals surface area contributed by atoms with E-state index in [-0.39, 0.29) is 30.5 Å². The number of hydrogen-bond donors (Lipinski definition) is 5. The Morgan fingerprint density at radius 3 is 1.54 bits per heavy atom. The topological polar surface area (TPSA) is 102 Å². The summed E-state index contributed by atoms with van der Waals surface area (Å²) in [6, 6.07) is 0.457. The number of carbonyl (C=O) groups excluding carboxylic acids is 2. The zero-order chi connectivity index (χ0) is 18.8. The predicted octanol–water partition coefficient (Wildman–Crippen LogP) is 0.384. The molecule has 24 heavy (non-hydrogen) atoms. The van der Waals surface area contributed by atoms with E-state index in [2.05, 4.69) is 28.2 Å². The summed E-state index contributed by atoms with van der Waals surface area (Å²) >= 11 is 0. The number of aliphatic hydroxyl groups is 1. The van der Waals surface area contributed by atoms with Crippen molar-refractivity contribution in [2.75, 3.05) is 32.8 Å². The molecule has 2 amide bonds. The van der Waals surface area contributed by atoms with Crippen LogP contribution in [0.1, 0.15) is 53.9 Å². The maximum absolute atomic E-state index is 11.1. The quantitative estimate of drug-likeness (QED) is 0.329. The molecule has 7 heteroatoms. The molecule has 0 aliphatic carbocycles. The highest BCUT2D eigenvalue weighted by atomic mass is 16.3. The van der Waals surface area contributed by atoms with Crippen molar-refractivity contribution in [3.05, 3.63) is 0 Å². The lowest BCUT2D eigenvalue weighted by Gasteiger charge is -2.08. The number of carbonyl (C=O) groups is 2. The molecule has 0 unspecified atom stereocenters. The van der Waals surface area contributed by atoms with Crippen LogP contribution in [0.15, 0.2) is 0 Å². The number of amides is 2. The summed E-state index contributed by atoms with van der Waals surface area (Å²) in [5.74, 6) is 0.184. The van der Waals surface area contributed by atoms with Gasteiger partial charge in [-0.1, -0.05) is 6.92 Å². The molecule has 5 N–H and O–H groups in total. The van der Waals surface area contributed by atoms with Gasteiger partial charge in [-0.05, 0) is 40.7 Å². The Hall–Kier alpha value is -1.18. The van der Waals surface area contributed by atoms with Gasteiger partial charge in [0.05, 0.1) is 6.61 Å². The fraction of sp³-hybridized carbons (Fsp3) is 0.882. The Morgan fingerprint density at radius 2 is 1.21 bits per heavy atom. The fourth-order valence-electron chi connectivity index (χ4n) is 1.70. The summed E-state index contributed by atoms with van der Waals surface area (Å²) < 4.78 is 0. The molecular formula is C17H38N4O3. The molecule has 0 aliphatic heterocycles. The molecule has 0 saturated carbocycles. The van der Waals surface area contributed by atoms with E-state index in [0.29, 0.717) is 25.9 Å². The van der Waals surface area contributed by atoms with Gasteiger partial charge in [0.1, 0.15) is 0 Å². The van der Waals surface area contributed by atoms with Crippen LogP contribution < -0.4 is 21.3 Å². The average molecular weight is 347 g/mol. The lowest BCUT2D eigenvalue weighted by atomic mass is 10.3. The van der Waals surface area contributed by atoms with Gasteiger partial charge in [-0.15, -0.1) is 0 Å². The molecule has 0 spiro atoms. The minimum absolute atomic E-state index is 0.0513. The summed E-state index contributed by atoms with van der Waals surface area (Å²) in [6.45, 7) is 13.0. The minimum atomic E-state index is 0.0513. The van der Waals surface area contributed by atoms with Gasteiger partial charge < -0.3 is 26.4 Å². The van der Waals surface area contributed by atoms with Crippen LogP contribution in [0.3, 0.4) is 0 Å². The zero-order valence-electron chi connectivity index (χ0n) is 16.1. The zero-order valence-corrected chi connectivity index (χ0v) is 16.1. The van der Waals surface area contributed by atoms with Gasteiger partial charge in [-0.3, -0.25) is 9.59 Å². The van der Waals surface area contributed by atoms with E-state index in [1.807, 2.05) is 27.7 Å². The molecule has 0 atom stereocenters. The standard InChI is InChI=1S/C9H20N2O.C8H18N2O2/c1-4-6-10-7-5-9(12)11-8(2)3;1-7(2)10-8(12)3-4-9-5-6-11/h8,10H,4-7H2,1-3H3,(H,11,12);7,9,11H,3-6H2,1-2H3,(H,10,12). The monoisotopic (exact) mass is 346 g/mol. The van der Waals surface area contributed by atoms with Crippen LogP contribution in [0.25, 0.3) is 0 Å². The molecule has 0 fully saturated rings. The Morgan fingerprint density at radius 1 is 0.792 bits per heavy atom. The normalized spacial score (nSPS) is 10.3. The van der Waals surface area contributed by atoms with E-state index in [0.717, 1.165) is 19.5 Å². The van der Waals surface area contributed by atoms with Crippen LogP contribution in [0.4, 0.5) is 0 Å². The molecule has 0 aliphatic rings. The molecule has 7 nitrogen and oxygen atoms in total. The first-order chi connectivity index (χ1) is 11.3. The van der Waals surface area contributed by atoms with Crippen LogP contribution in [0, 0.1) is 0 Å². The summed E-state index contributed by atoms with van der Waals surface area (Å²) in [5.41, 5.74) is 0. The molecule has 0 bridgehead atoms. The van der Waals surface area contributed by atoms with Gasteiger partial charge in [0.25, 0.3) is 0 Å². The second-order valence-electron chi connectivity index (χ2n) is 6.17. The first-order valence-electron chi connectivity index (χ1n) is 8.94. The molecule has 0 rings (SSSR count). The molecule has 144 valence electrons. The van der Waals surface area contributed by atoms with Gasteiger partial charge in [0.2, 0.25) is 11.8 Å². The van der Waals surface area contributed by atoms with Crippen molar-refractivity contribution in [3.8, 4) is 0 Å². The van der Waals surface area contributed by atoms with Gasteiger partial charge >= 0.3 is 0 Å². The molecule has 0 heterocycles. The highest BCUT2D eigenvalue weighted by Crippen LogP contribution is 1.82. The van der Waals surface area contributed by atoms with E-state index in [1.54, 1.807) is 0 Å². The van der Waals surface area contributed by atoms with E-state index >= 15 is 0 Å². The Bertz CT molecular complexity index is 280. The van der Waals surface area contributed by atoms with Crippen LogP contribution in [-0.4, -0.2) is 61.8 Å². The van der Waals surface area contributed by atoms with E-state index in [4.69, 9.17) is 5.11 Å². The van der Waals surface area contributed by atoms with Crippen molar-refractivity contribution in [1.29, 1.82) is 0 Å². The summed E-state index contributed by atoms with van der Waals surface area (Å²) in [6.07, 6.45) is 2.17. The summed E-state index contributed by atoms with van der Waals surface area (Å²) in [4.78, 5) is 22.1. The molecule has 0 saturated heterocycles. The lowest BCUT2D eigenvalue weighted by Crippen LogP contribution is -2.33. The Balaban J connectivity index is 0. The number of rotatable bonds is 12. The third-order valence-corrected chi connectivity index (χ3v) is 2.67. The maximum Gasteiger partial charge on any atom is 0.221 e. The number of hydrogen-bond acceptors (Lipinski definition) is 5. The third kappa shape index (κ3) is 23.1. The SMILES string of the molecule is CC(C)NC(=O)CCNCCO.CCCNCCC(=O)NC(C)C. The average Bonchev–Trinajstić information content (AvgIpc) is 2.47. The second kappa shape index (κ2) is 18.2. The van der Waals surface area contributed by atoms with Gasteiger partial charge in [0, 0.05) is 44.6 Å². The van der Waals surface area contributed by atoms with Crippen molar-refractivity contribution >= 4 is 11.8 Å². The Kier molecular flexibility index (Phi) is 19.0. The van der Waals surface area contributed by atoms with Crippen LogP contribution >= 0.6 is 0 Å². The molecule has 0 aromatic heterocycles. The van der Waals surface area contributed by atoms with Crippen molar-refractivity contribution in [1.82, 2.24) is 21.3 Å². The van der Waals surface area contributed by atoms with Crippen molar-refractivity contribution in [2.45, 2.75) is 66.0 Å². The molecule has 0 radical (unpaired) electrons. The smallest absolute Gasteiger partial charge is 0.221 e. The van der Waals surface area contributed by atoms with E-state index in [9.17, 15) is 9.59 Å².